The fourth-order valence-corrected chi connectivity index (χ4v) is 1.96. The molecule has 110 valence electrons. The first-order valence-corrected chi connectivity index (χ1v) is 6.82. The molecule has 0 unspecified atom stereocenters. The number of amides is 1. The highest BCUT2D eigenvalue weighted by molar-refractivity contribution is 6.30. The molecule has 1 amide bonds. The Hall–Kier alpha value is -1.75. The lowest BCUT2D eigenvalue weighted by molar-refractivity contribution is -0.132. The second-order valence-electron chi connectivity index (χ2n) is 4.83. The van der Waals surface area contributed by atoms with Crippen molar-refractivity contribution in [2.75, 3.05) is 6.54 Å². The number of oxime groups is 1. The van der Waals surface area contributed by atoms with Crippen LogP contribution in [0.25, 0.3) is 0 Å². The third kappa shape index (κ3) is 5.09. The van der Waals surface area contributed by atoms with Crippen molar-refractivity contribution in [1.82, 2.24) is 4.90 Å². The molecule has 0 heterocycles. The molecule has 1 aromatic rings. The van der Waals surface area contributed by atoms with E-state index in [0.717, 1.165) is 5.56 Å². The van der Waals surface area contributed by atoms with E-state index in [1.165, 1.54) is 0 Å². The summed E-state index contributed by atoms with van der Waals surface area (Å²) in [5.41, 5.74) is 6.35. The van der Waals surface area contributed by atoms with E-state index in [9.17, 15) is 4.79 Å². The number of halogens is 1. The number of rotatable bonds is 6. The molecule has 0 aliphatic rings. The van der Waals surface area contributed by atoms with Gasteiger partial charge in [-0.25, -0.2) is 0 Å². The van der Waals surface area contributed by atoms with Crippen molar-refractivity contribution in [3.05, 3.63) is 34.9 Å². The van der Waals surface area contributed by atoms with Crippen molar-refractivity contribution in [1.29, 1.82) is 0 Å². The maximum Gasteiger partial charge on any atom is 0.227 e. The maximum absolute atomic E-state index is 12.3. The normalized spacial score (nSPS) is 11.7. The van der Waals surface area contributed by atoms with Crippen molar-refractivity contribution in [3.8, 4) is 0 Å². The highest BCUT2D eigenvalue weighted by Crippen LogP contribution is 2.12. The lowest BCUT2D eigenvalue weighted by Gasteiger charge is -2.26. The summed E-state index contributed by atoms with van der Waals surface area (Å²) in [6.45, 7) is 4.30. The first-order chi connectivity index (χ1) is 9.43. The molecule has 0 aromatic heterocycles. The number of hydrogen-bond acceptors (Lipinski definition) is 3. The number of hydrogen-bond donors (Lipinski definition) is 2. The molecule has 20 heavy (non-hydrogen) atoms. The minimum absolute atomic E-state index is 0.00747. The summed E-state index contributed by atoms with van der Waals surface area (Å²) in [6.07, 6.45) is 0.659. The Kier molecular flexibility index (Phi) is 6.31. The van der Waals surface area contributed by atoms with Crippen LogP contribution >= 0.6 is 11.6 Å². The molecule has 0 spiro atoms. The second-order valence-corrected chi connectivity index (χ2v) is 5.26. The molecule has 0 fully saturated rings. The second kappa shape index (κ2) is 7.75. The molecule has 0 aliphatic carbocycles. The number of carbonyl (C=O) groups is 1. The van der Waals surface area contributed by atoms with Crippen LogP contribution in [0.3, 0.4) is 0 Å². The van der Waals surface area contributed by atoms with Crippen LogP contribution in [0.2, 0.25) is 5.02 Å². The first-order valence-electron chi connectivity index (χ1n) is 6.44. The van der Waals surface area contributed by atoms with E-state index >= 15 is 0 Å². The number of carbonyl (C=O) groups excluding carboxylic acids is 1. The van der Waals surface area contributed by atoms with E-state index in [0.29, 0.717) is 24.4 Å². The standard InChI is InChI=1S/C14H20ClN3O2/c1-10(2)18(8-7-13(16)17-20)14(19)9-11-3-5-12(15)6-4-11/h3-6,10,20H,7-9H2,1-2H3,(H2,16,17). The molecular weight excluding hydrogens is 278 g/mol. The van der Waals surface area contributed by atoms with Crippen LogP contribution in [0.4, 0.5) is 0 Å². The Labute approximate surface area is 124 Å². The molecular formula is C14H20ClN3O2. The SMILES string of the molecule is CC(C)N(CCC(N)=NO)C(=O)Cc1ccc(Cl)cc1. The number of benzene rings is 1. The van der Waals surface area contributed by atoms with Gasteiger partial charge in [-0.3, -0.25) is 4.79 Å². The molecule has 3 N–H and O–H groups in total. The van der Waals surface area contributed by atoms with Crippen LogP contribution in [-0.4, -0.2) is 34.4 Å². The van der Waals surface area contributed by atoms with E-state index < -0.39 is 0 Å². The molecule has 6 heteroatoms. The van der Waals surface area contributed by atoms with E-state index in [1.54, 1.807) is 17.0 Å². The zero-order chi connectivity index (χ0) is 15.1. The zero-order valence-electron chi connectivity index (χ0n) is 11.7. The highest BCUT2D eigenvalue weighted by Gasteiger charge is 2.17. The molecule has 0 atom stereocenters. The Balaban J connectivity index is 2.66. The van der Waals surface area contributed by atoms with E-state index in [1.807, 2.05) is 26.0 Å². The van der Waals surface area contributed by atoms with Gasteiger partial charge in [-0.1, -0.05) is 28.9 Å². The summed E-state index contributed by atoms with van der Waals surface area (Å²) in [5, 5.41) is 12.1. The monoisotopic (exact) mass is 297 g/mol. The fraction of sp³-hybridized carbons (Fsp3) is 0.429. The van der Waals surface area contributed by atoms with Gasteiger partial charge < -0.3 is 15.8 Å². The topological polar surface area (TPSA) is 78.9 Å². The summed E-state index contributed by atoms with van der Waals surface area (Å²) in [6, 6.07) is 7.26. The summed E-state index contributed by atoms with van der Waals surface area (Å²) in [5.74, 6) is 0.128. The van der Waals surface area contributed by atoms with Gasteiger partial charge in [-0.05, 0) is 31.5 Å². The Morgan fingerprint density at radius 3 is 2.50 bits per heavy atom. The van der Waals surface area contributed by atoms with Crippen molar-refractivity contribution in [2.24, 2.45) is 10.9 Å². The molecule has 0 radical (unpaired) electrons. The van der Waals surface area contributed by atoms with Crippen LogP contribution in [0.15, 0.2) is 29.4 Å². The third-order valence-electron chi connectivity index (χ3n) is 2.95. The van der Waals surface area contributed by atoms with Crippen molar-refractivity contribution >= 4 is 23.3 Å². The molecule has 0 bridgehead atoms. The van der Waals surface area contributed by atoms with Crippen LogP contribution in [0, 0.1) is 0 Å². The molecule has 0 aliphatic heterocycles. The lowest BCUT2D eigenvalue weighted by atomic mass is 10.1. The number of nitrogens with two attached hydrogens (primary N) is 1. The van der Waals surface area contributed by atoms with Gasteiger partial charge in [0.05, 0.1) is 6.42 Å². The van der Waals surface area contributed by atoms with Gasteiger partial charge in [-0.2, -0.15) is 0 Å². The van der Waals surface area contributed by atoms with E-state index in [2.05, 4.69) is 5.16 Å². The van der Waals surface area contributed by atoms with Gasteiger partial charge in [0.2, 0.25) is 5.91 Å². The van der Waals surface area contributed by atoms with Gasteiger partial charge in [0.25, 0.3) is 0 Å². The average Bonchev–Trinajstić information content (AvgIpc) is 2.41. The number of nitrogens with zero attached hydrogens (tertiary/aromatic N) is 2. The van der Waals surface area contributed by atoms with Crippen LogP contribution in [0.1, 0.15) is 25.8 Å². The molecule has 1 aromatic carbocycles. The predicted octanol–water partition coefficient (Wildman–Crippen LogP) is 2.26. The Morgan fingerprint density at radius 2 is 2.00 bits per heavy atom. The minimum atomic E-state index is 0.00747. The summed E-state index contributed by atoms with van der Waals surface area (Å²) < 4.78 is 0. The van der Waals surface area contributed by atoms with Crippen molar-refractivity contribution < 1.29 is 10.0 Å². The smallest absolute Gasteiger partial charge is 0.227 e. The fourth-order valence-electron chi connectivity index (χ4n) is 1.83. The molecule has 1 rings (SSSR count). The largest absolute Gasteiger partial charge is 0.409 e. The van der Waals surface area contributed by atoms with Crippen LogP contribution < -0.4 is 5.73 Å². The Bertz CT molecular complexity index is 472. The summed E-state index contributed by atoms with van der Waals surface area (Å²) in [4.78, 5) is 14.0. The van der Waals surface area contributed by atoms with Gasteiger partial charge in [0, 0.05) is 24.0 Å². The quantitative estimate of drug-likeness (QED) is 0.366. The van der Waals surface area contributed by atoms with Gasteiger partial charge in [0.1, 0.15) is 5.84 Å². The van der Waals surface area contributed by atoms with Gasteiger partial charge in [0.15, 0.2) is 0 Å². The molecule has 5 nitrogen and oxygen atoms in total. The first kappa shape index (κ1) is 16.3. The number of amidine groups is 1. The summed E-state index contributed by atoms with van der Waals surface area (Å²) in [7, 11) is 0. The van der Waals surface area contributed by atoms with Crippen LogP contribution in [-0.2, 0) is 11.2 Å². The average molecular weight is 298 g/mol. The maximum atomic E-state index is 12.3. The van der Waals surface area contributed by atoms with Crippen LogP contribution in [0.5, 0.6) is 0 Å². The Morgan fingerprint density at radius 1 is 1.40 bits per heavy atom. The van der Waals surface area contributed by atoms with Gasteiger partial charge in [-0.15, -0.1) is 0 Å². The van der Waals surface area contributed by atoms with Gasteiger partial charge >= 0.3 is 0 Å². The summed E-state index contributed by atoms with van der Waals surface area (Å²) >= 11 is 5.82. The van der Waals surface area contributed by atoms with E-state index in [-0.39, 0.29) is 17.8 Å². The minimum Gasteiger partial charge on any atom is -0.409 e. The highest BCUT2D eigenvalue weighted by atomic mass is 35.5. The molecule has 0 saturated heterocycles. The van der Waals surface area contributed by atoms with Crippen molar-refractivity contribution in [3.63, 3.8) is 0 Å². The lowest BCUT2D eigenvalue weighted by Crippen LogP contribution is -2.40. The zero-order valence-corrected chi connectivity index (χ0v) is 12.5. The molecule has 0 saturated carbocycles. The van der Waals surface area contributed by atoms with Crippen molar-refractivity contribution in [2.45, 2.75) is 32.7 Å². The predicted molar refractivity (Wildman–Crippen MR) is 80.0 cm³/mol. The van der Waals surface area contributed by atoms with E-state index in [4.69, 9.17) is 22.5 Å². The third-order valence-corrected chi connectivity index (χ3v) is 3.20.